The molecule has 0 radical (unpaired) electrons. The second-order valence-electron chi connectivity index (χ2n) is 9.99. The molecule has 0 fully saturated rings. The Labute approximate surface area is 246 Å². The number of hydrogen-bond acceptors (Lipinski definition) is 2. The van der Waals surface area contributed by atoms with Crippen LogP contribution in [0.3, 0.4) is 0 Å². The van der Waals surface area contributed by atoms with Gasteiger partial charge in [-0.25, -0.2) is 0 Å². The molecule has 0 amide bonds. The van der Waals surface area contributed by atoms with Crippen LogP contribution in [0.1, 0.15) is 142 Å². The van der Waals surface area contributed by atoms with Gasteiger partial charge in [0.05, 0.1) is 0 Å². The molecule has 0 rings (SSSR count). The fourth-order valence-electron chi connectivity index (χ4n) is 3.79. The molecule has 4 nitrogen and oxygen atoms in total. The fourth-order valence-corrected chi connectivity index (χ4v) is 3.79. The molecule has 0 aromatic rings. The molecule has 0 aliphatic rings. The van der Waals surface area contributed by atoms with Crippen LogP contribution < -0.4 is 0 Å². The Morgan fingerprint density at radius 1 is 0.400 bits per heavy atom. The van der Waals surface area contributed by atoms with Crippen LogP contribution >= 0.6 is 0 Å². The van der Waals surface area contributed by atoms with Gasteiger partial charge in [0, 0.05) is 12.8 Å². The van der Waals surface area contributed by atoms with Crippen LogP contribution in [0.4, 0.5) is 0 Å². The van der Waals surface area contributed by atoms with E-state index in [9.17, 15) is 9.59 Å². The summed E-state index contributed by atoms with van der Waals surface area (Å²) in [5.41, 5.74) is 0. The van der Waals surface area contributed by atoms with Gasteiger partial charge in [0.2, 0.25) is 0 Å². The quantitative estimate of drug-likeness (QED) is 0.0820. The highest BCUT2D eigenvalue weighted by atomic mass is 16.4. The average molecular weight is 557 g/mol. The summed E-state index contributed by atoms with van der Waals surface area (Å²) in [4.78, 5) is 20.6. The third-order valence-corrected chi connectivity index (χ3v) is 6.08. The molecule has 228 valence electrons. The molecular weight excluding hydrogens is 496 g/mol. The normalized spacial score (nSPS) is 12.1. The summed E-state index contributed by atoms with van der Waals surface area (Å²) in [5.74, 6) is -1.35. The minimum atomic E-state index is -0.675. The molecule has 0 saturated heterocycles. The molecule has 0 aliphatic heterocycles. The minimum Gasteiger partial charge on any atom is -0.481 e. The van der Waals surface area contributed by atoms with E-state index in [4.69, 9.17) is 10.2 Å². The van der Waals surface area contributed by atoms with Crippen LogP contribution in [0.5, 0.6) is 0 Å². The summed E-state index contributed by atoms with van der Waals surface area (Å²) in [6.07, 6.45) is 46.8. The van der Waals surface area contributed by atoms with E-state index in [1.807, 2.05) is 0 Å². The van der Waals surface area contributed by atoms with E-state index >= 15 is 0 Å². The number of carbonyl (C=O) groups is 2. The summed E-state index contributed by atoms with van der Waals surface area (Å²) < 4.78 is 0. The molecule has 4 heteroatoms. The minimum absolute atomic E-state index is 0.319. The SMILES string of the molecule is CC/C=C\C/C=C\C/C=C\CCCCCCCC(=O)O.CCC=CCC=CCC=CCCCCCCCC(=O)O. The van der Waals surface area contributed by atoms with Crippen molar-refractivity contribution in [1.82, 2.24) is 0 Å². The maximum absolute atomic E-state index is 10.3. The molecule has 40 heavy (non-hydrogen) atoms. The average Bonchev–Trinajstić information content (AvgIpc) is 2.93. The van der Waals surface area contributed by atoms with Gasteiger partial charge in [-0.05, 0) is 77.0 Å². The Bertz CT molecular complexity index is 663. The zero-order chi connectivity index (χ0) is 29.8. The van der Waals surface area contributed by atoms with E-state index in [-0.39, 0.29) is 0 Å². The number of allylic oxidation sites excluding steroid dienone is 12. The van der Waals surface area contributed by atoms with Gasteiger partial charge in [-0.15, -0.1) is 0 Å². The Hall–Kier alpha value is -2.62. The Morgan fingerprint density at radius 3 is 1.00 bits per heavy atom. The predicted octanol–water partition coefficient (Wildman–Crippen LogP) is 11.3. The highest BCUT2D eigenvalue weighted by Gasteiger charge is 1.96. The van der Waals surface area contributed by atoms with E-state index in [1.54, 1.807) is 0 Å². The maximum Gasteiger partial charge on any atom is 0.303 e. The Balaban J connectivity index is 0. The van der Waals surface area contributed by atoms with Crippen molar-refractivity contribution in [2.24, 2.45) is 0 Å². The van der Waals surface area contributed by atoms with Crippen LogP contribution in [0.2, 0.25) is 0 Å². The zero-order valence-corrected chi connectivity index (χ0v) is 25.8. The molecule has 0 aromatic heterocycles. The predicted molar refractivity (Wildman–Crippen MR) is 174 cm³/mol. The molecule has 0 spiro atoms. The number of carboxylic acid groups (broad SMARTS) is 2. The van der Waals surface area contributed by atoms with E-state index in [2.05, 4.69) is 86.8 Å². The fraction of sp³-hybridized carbons (Fsp3) is 0.611. The van der Waals surface area contributed by atoms with Gasteiger partial charge in [-0.3, -0.25) is 9.59 Å². The molecule has 0 heterocycles. The van der Waals surface area contributed by atoms with Gasteiger partial charge in [-0.2, -0.15) is 0 Å². The Morgan fingerprint density at radius 2 is 0.675 bits per heavy atom. The van der Waals surface area contributed by atoms with Crippen molar-refractivity contribution in [3.63, 3.8) is 0 Å². The summed E-state index contributed by atoms with van der Waals surface area (Å²) in [6, 6.07) is 0. The van der Waals surface area contributed by atoms with Crippen LogP contribution in [0.25, 0.3) is 0 Å². The lowest BCUT2D eigenvalue weighted by molar-refractivity contribution is -0.138. The van der Waals surface area contributed by atoms with E-state index in [1.165, 1.54) is 25.7 Å². The summed E-state index contributed by atoms with van der Waals surface area (Å²) in [5, 5.41) is 17.0. The lowest BCUT2D eigenvalue weighted by Gasteiger charge is -1.98. The third kappa shape index (κ3) is 42.5. The van der Waals surface area contributed by atoms with Crippen LogP contribution in [-0.4, -0.2) is 22.2 Å². The monoisotopic (exact) mass is 556 g/mol. The topological polar surface area (TPSA) is 74.6 Å². The molecule has 0 saturated carbocycles. The first-order valence-corrected chi connectivity index (χ1v) is 15.9. The molecule has 0 unspecified atom stereocenters. The second-order valence-corrected chi connectivity index (χ2v) is 9.99. The number of carboxylic acids is 2. The lowest BCUT2D eigenvalue weighted by Crippen LogP contribution is -1.93. The van der Waals surface area contributed by atoms with Crippen molar-refractivity contribution in [3.05, 3.63) is 72.9 Å². The Kier molecular flexibility index (Phi) is 35.9. The van der Waals surface area contributed by atoms with Crippen LogP contribution in [0, 0.1) is 0 Å². The van der Waals surface area contributed by atoms with Gasteiger partial charge in [0.1, 0.15) is 0 Å². The summed E-state index contributed by atoms with van der Waals surface area (Å²) in [7, 11) is 0. The van der Waals surface area contributed by atoms with E-state index in [0.717, 1.165) is 89.9 Å². The number of unbranched alkanes of at least 4 members (excludes halogenated alkanes) is 10. The first-order chi connectivity index (χ1) is 19.5. The van der Waals surface area contributed by atoms with Crippen LogP contribution in [0.15, 0.2) is 72.9 Å². The first kappa shape index (κ1) is 39.5. The number of hydrogen-bond donors (Lipinski definition) is 2. The van der Waals surface area contributed by atoms with E-state index in [0.29, 0.717) is 12.8 Å². The first-order valence-electron chi connectivity index (χ1n) is 15.9. The third-order valence-electron chi connectivity index (χ3n) is 6.08. The molecule has 0 aliphatic carbocycles. The smallest absolute Gasteiger partial charge is 0.303 e. The molecular formula is C36H60O4. The van der Waals surface area contributed by atoms with Gasteiger partial charge in [0.15, 0.2) is 0 Å². The van der Waals surface area contributed by atoms with Gasteiger partial charge < -0.3 is 10.2 Å². The van der Waals surface area contributed by atoms with Crippen LogP contribution in [-0.2, 0) is 9.59 Å². The zero-order valence-electron chi connectivity index (χ0n) is 25.8. The molecule has 2 N–H and O–H groups in total. The maximum atomic E-state index is 10.3. The van der Waals surface area contributed by atoms with Gasteiger partial charge in [-0.1, -0.05) is 125 Å². The van der Waals surface area contributed by atoms with Gasteiger partial charge in [0.25, 0.3) is 0 Å². The number of rotatable bonds is 26. The highest BCUT2D eigenvalue weighted by molar-refractivity contribution is 5.66. The molecule has 0 atom stereocenters. The van der Waals surface area contributed by atoms with Crippen molar-refractivity contribution in [2.45, 2.75) is 142 Å². The summed E-state index contributed by atoms with van der Waals surface area (Å²) in [6.45, 7) is 4.30. The lowest BCUT2D eigenvalue weighted by atomic mass is 10.1. The van der Waals surface area contributed by atoms with Crippen molar-refractivity contribution >= 4 is 11.9 Å². The van der Waals surface area contributed by atoms with Crippen molar-refractivity contribution < 1.29 is 19.8 Å². The molecule has 0 bridgehead atoms. The van der Waals surface area contributed by atoms with Crippen molar-refractivity contribution in [3.8, 4) is 0 Å². The highest BCUT2D eigenvalue weighted by Crippen LogP contribution is 2.09. The second kappa shape index (κ2) is 36.4. The van der Waals surface area contributed by atoms with Crippen molar-refractivity contribution in [2.75, 3.05) is 0 Å². The molecule has 0 aromatic carbocycles. The van der Waals surface area contributed by atoms with Gasteiger partial charge >= 0.3 is 11.9 Å². The summed E-state index contributed by atoms with van der Waals surface area (Å²) >= 11 is 0. The van der Waals surface area contributed by atoms with E-state index < -0.39 is 11.9 Å². The van der Waals surface area contributed by atoms with Crippen molar-refractivity contribution in [1.29, 1.82) is 0 Å². The number of aliphatic carboxylic acids is 2. The largest absolute Gasteiger partial charge is 0.481 e. The standard InChI is InChI=1S/2C18H30O2/c2*1-2-3-4-5-6-7-8-9-10-11-12-13-14-15-16-17-18(19)20/h2*3-4,6-7,9-10H,2,5,8,11-17H2,1H3,(H,19,20)/b4-3-,7-6-,10-9-;.